The number of aldehydes is 1. The summed E-state index contributed by atoms with van der Waals surface area (Å²) in [6.07, 6.45) is 0.290. The molecule has 9 N–H and O–H groups in total. The maximum Gasteiger partial charge on any atom is 0.303 e. The Kier molecular flexibility index (Phi) is 12.8. The van der Waals surface area contributed by atoms with Crippen molar-refractivity contribution in [3.8, 4) is 0 Å². The molecule has 0 radical (unpaired) electrons. The number of guanidine groups is 1. The molecule has 0 spiro atoms. The molecule has 1 rings (SSSR count). The molecule has 0 fully saturated rings. The van der Waals surface area contributed by atoms with Gasteiger partial charge in [-0.25, -0.2) is 13.1 Å². The minimum atomic E-state index is -4.15. The molecule has 1 aromatic rings. The molecular formula is C22H33N7O8S. The van der Waals surface area contributed by atoms with Crippen LogP contribution in [0, 0.1) is 5.41 Å². The molecule has 210 valence electrons. The first-order valence-corrected chi connectivity index (χ1v) is 13.1. The van der Waals surface area contributed by atoms with Crippen molar-refractivity contribution >= 4 is 46.0 Å². The van der Waals surface area contributed by atoms with E-state index in [4.69, 9.17) is 22.0 Å². The first kappa shape index (κ1) is 32.0. The van der Waals surface area contributed by atoms with Crippen LogP contribution < -0.4 is 26.8 Å². The van der Waals surface area contributed by atoms with E-state index >= 15 is 0 Å². The van der Waals surface area contributed by atoms with Gasteiger partial charge in [-0.05, 0) is 37.0 Å². The van der Waals surface area contributed by atoms with Gasteiger partial charge in [0.1, 0.15) is 12.3 Å². The van der Waals surface area contributed by atoms with Crippen molar-refractivity contribution in [2.75, 3.05) is 20.1 Å². The van der Waals surface area contributed by atoms with Crippen LogP contribution in [-0.4, -0.2) is 86.6 Å². The van der Waals surface area contributed by atoms with Crippen LogP contribution in [0.2, 0.25) is 0 Å². The number of primary amides is 1. The minimum Gasteiger partial charge on any atom is -0.481 e. The number of rotatable bonds is 17. The molecule has 0 saturated carbocycles. The lowest BCUT2D eigenvalue weighted by Crippen LogP contribution is -2.51. The molecule has 0 aliphatic rings. The van der Waals surface area contributed by atoms with Crippen molar-refractivity contribution in [3.05, 3.63) is 35.4 Å². The highest BCUT2D eigenvalue weighted by Gasteiger charge is 2.29. The third-order valence-corrected chi connectivity index (χ3v) is 6.49. The summed E-state index contributed by atoms with van der Waals surface area (Å²) in [6.45, 7) is -0.205. The maximum absolute atomic E-state index is 12.9. The number of nitrogens with one attached hydrogen (secondary N) is 4. The van der Waals surface area contributed by atoms with E-state index < -0.39 is 64.5 Å². The van der Waals surface area contributed by atoms with Gasteiger partial charge in [0.25, 0.3) is 0 Å². The third-order valence-electron chi connectivity index (χ3n) is 5.14. The smallest absolute Gasteiger partial charge is 0.303 e. The van der Waals surface area contributed by atoms with Crippen LogP contribution in [0.25, 0.3) is 0 Å². The maximum atomic E-state index is 12.9. The number of carbonyl (C=O) groups is 5. The Morgan fingerprint density at radius 1 is 1.13 bits per heavy atom. The Labute approximate surface area is 219 Å². The Hall–Kier alpha value is -4.05. The summed E-state index contributed by atoms with van der Waals surface area (Å²) in [5, 5.41) is 21.1. The van der Waals surface area contributed by atoms with E-state index in [9.17, 15) is 32.4 Å². The zero-order valence-corrected chi connectivity index (χ0v) is 21.6. The number of sulfonamides is 1. The number of carboxylic acid groups (broad SMARTS) is 1. The molecule has 2 atom stereocenters. The summed E-state index contributed by atoms with van der Waals surface area (Å²) in [5.74, 6) is -4.27. The molecular weight excluding hydrogens is 522 g/mol. The average Bonchev–Trinajstić information content (AvgIpc) is 2.82. The molecule has 15 nitrogen and oxygen atoms in total. The molecule has 0 saturated heterocycles. The number of nitrogens with zero attached hydrogens (tertiary/aromatic N) is 1. The van der Waals surface area contributed by atoms with Crippen molar-refractivity contribution in [3.63, 3.8) is 0 Å². The van der Waals surface area contributed by atoms with E-state index in [1.807, 2.05) is 0 Å². The number of aliphatic carboxylic acids is 1. The molecule has 0 aliphatic heterocycles. The Morgan fingerprint density at radius 2 is 1.76 bits per heavy atom. The van der Waals surface area contributed by atoms with E-state index in [-0.39, 0.29) is 29.9 Å². The van der Waals surface area contributed by atoms with Gasteiger partial charge in [-0.2, -0.15) is 0 Å². The first-order chi connectivity index (χ1) is 17.7. The standard InChI is InChI=1S/C22H33N7O8S/c1-29(11-18(31)27-16(12-30)3-2-10-26-22(24)25)21(35)17(8-9-19(32)33)28-38(36,37)13-14-4-6-15(7-5-14)20(23)34/h4-7,12,16-17,28H,2-3,8-11,13H2,1H3,(H2,23,34)(H,27,31)(H,32,33)(H4,24,25,26). The molecule has 1 aromatic carbocycles. The zero-order valence-electron chi connectivity index (χ0n) is 20.8. The fraction of sp³-hybridized carbons (Fsp3) is 0.455. The van der Waals surface area contributed by atoms with Gasteiger partial charge in [-0.1, -0.05) is 12.1 Å². The molecule has 0 heterocycles. The van der Waals surface area contributed by atoms with Crippen LogP contribution in [0.5, 0.6) is 0 Å². The van der Waals surface area contributed by atoms with Gasteiger partial charge in [0, 0.05) is 25.6 Å². The third kappa shape index (κ3) is 12.3. The summed E-state index contributed by atoms with van der Waals surface area (Å²) < 4.78 is 27.6. The number of benzene rings is 1. The number of hydrogen-bond acceptors (Lipinski definition) is 8. The summed E-state index contributed by atoms with van der Waals surface area (Å²) in [6, 6.07) is 3.12. The number of carboxylic acids is 1. The molecule has 3 amide bonds. The second kappa shape index (κ2) is 15.3. The minimum absolute atomic E-state index is 0.179. The summed E-state index contributed by atoms with van der Waals surface area (Å²) >= 11 is 0. The molecule has 0 aliphatic carbocycles. The Morgan fingerprint density at radius 3 is 2.29 bits per heavy atom. The highest BCUT2D eigenvalue weighted by atomic mass is 32.2. The predicted octanol–water partition coefficient (Wildman–Crippen LogP) is -2.16. The largest absolute Gasteiger partial charge is 0.481 e. The van der Waals surface area contributed by atoms with Crippen molar-refractivity contribution in [2.45, 2.75) is 43.5 Å². The number of nitrogens with two attached hydrogens (primary N) is 2. The molecule has 16 heteroatoms. The van der Waals surface area contributed by atoms with E-state index in [1.54, 1.807) is 0 Å². The van der Waals surface area contributed by atoms with Crippen molar-refractivity contribution in [1.29, 1.82) is 5.41 Å². The fourth-order valence-electron chi connectivity index (χ4n) is 3.27. The number of carbonyl (C=O) groups excluding carboxylic acids is 4. The van der Waals surface area contributed by atoms with Crippen LogP contribution >= 0.6 is 0 Å². The monoisotopic (exact) mass is 555 g/mol. The van der Waals surface area contributed by atoms with E-state index in [2.05, 4.69) is 15.4 Å². The van der Waals surface area contributed by atoms with Gasteiger partial charge >= 0.3 is 5.97 Å². The Bertz CT molecular complexity index is 1130. The first-order valence-electron chi connectivity index (χ1n) is 11.4. The van der Waals surface area contributed by atoms with Gasteiger partial charge in [-0.3, -0.25) is 24.6 Å². The fourth-order valence-corrected chi connectivity index (χ4v) is 4.64. The van der Waals surface area contributed by atoms with Gasteiger partial charge in [0.2, 0.25) is 27.7 Å². The topological polar surface area (TPSA) is 255 Å². The van der Waals surface area contributed by atoms with Crippen LogP contribution in [0.15, 0.2) is 24.3 Å². The van der Waals surface area contributed by atoms with Crippen molar-refractivity contribution in [1.82, 2.24) is 20.3 Å². The normalized spacial score (nSPS) is 12.6. The lowest BCUT2D eigenvalue weighted by atomic mass is 10.1. The van der Waals surface area contributed by atoms with Crippen LogP contribution in [0.4, 0.5) is 0 Å². The number of likely N-dealkylation sites (N-methyl/N-ethyl adjacent to an activating group) is 1. The Balaban J connectivity index is 2.82. The average molecular weight is 556 g/mol. The SMILES string of the molecule is CN(CC(=O)NC(C=O)CCCNC(=N)N)C(=O)C(CCC(=O)O)NS(=O)(=O)Cc1ccc(C(N)=O)cc1. The highest BCUT2D eigenvalue weighted by molar-refractivity contribution is 7.88. The molecule has 0 bridgehead atoms. The molecule has 2 unspecified atom stereocenters. The second-order valence-corrected chi connectivity index (χ2v) is 10.2. The number of amides is 3. The zero-order chi connectivity index (χ0) is 28.9. The van der Waals surface area contributed by atoms with Crippen molar-refractivity contribution in [2.24, 2.45) is 11.5 Å². The quantitative estimate of drug-likeness (QED) is 0.0474. The summed E-state index contributed by atoms with van der Waals surface area (Å²) in [4.78, 5) is 59.7. The van der Waals surface area contributed by atoms with Crippen molar-refractivity contribution < 1.29 is 37.5 Å². The number of hydrogen-bond donors (Lipinski definition) is 7. The predicted molar refractivity (Wildman–Crippen MR) is 136 cm³/mol. The highest BCUT2D eigenvalue weighted by Crippen LogP contribution is 2.11. The van der Waals surface area contributed by atoms with Gasteiger partial charge in [0.05, 0.1) is 18.3 Å². The van der Waals surface area contributed by atoms with E-state index in [0.29, 0.717) is 19.3 Å². The van der Waals surface area contributed by atoms with Gasteiger partial charge < -0.3 is 36.9 Å². The van der Waals surface area contributed by atoms with Crippen LogP contribution in [0.1, 0.15) is 41.6 Å². The lowest BCUT2D eigenvalue weighted by Gasteiger charge is -2.24. The molecule has 38 heavy (non-hydrogen) atoms. The summed E-state index contributed by atoms with van der Waals surface area (Å²) in [5.41, 5.74) is 10.8. The van der Waals surface area contributed by atoms with Crippen LogP contribution in [-0.2, 0) is 35.0 Å². The molecule has 0 aromatic heterocycles. The summed E-state index contributed by atoms with van der Waals surface area (Å²) in [7, 11) is -2.91. The van der Waals surface area contributed by atoms with E-state index in [1.165, 1.54) is 31.3 Å². The lowest BCUT2D eigenvalue weighted by molar-refractivity contribution is -0.139. The van der Waals surface area contributed by atoms with Gasteiger partial charge in [0.15, 0.2) is 5.96 Å². The van der Waals surface area contributed by atoms with Crippen LogP contribution in [0.3, 0.4) is 0 Å². The van der Waals surface area contributed by atoms with Gasteiger partial charge in [-0.15, -0.1) is 0 Å². The van der Waals surface area contributed by atoms with E-state index in [0.717, 1.165) is 4.90 Å². The second-order valence-electron chi connectivity index (χ2n) is 8.41.